The highest BCUT2D eigenvalue weighted by atomic mass is 32.2. The Bertz CT molecular complexity index is 623. The molecule has 0 aromatic heterocycles. The van der Waals surface area contributed by atoms with Gasteiger partial charge in [0.1, 0.15) is 4.99 Å². The van der Waals surface area contributed by atoms with Gasteiger partial charge in [0.15, 0.2) is 5.78 Å². The lowest BCUT2D eigenvalue weighted by Crippen LogP contribution is -2.13. The molecule has 21 heavy (non-hydrogen) atoms. The summed E-state index contributed by atoms with van der Waals surface area (Å²) >= 11 is 6.56. The quantitative estimate of drug-likeness (QED) is 0.650. The van der Waals surface area contributed by atoms with Crippen LogP contribution in [0.25, 0.3) is 0 Å². The lowest BCUT2D eigenvalue weighted by Gasteiger charge is -2.10. The van der Waals surface area contributed by atoms with Crippen LogP contribution in [0.3, 0.4) is 0 Å². The summed E-state index contributed by atoms with van der Waals surface area (Å²) in [5.74, 6) is 0.956. The number of thioether (sulfide) groups is 1. The fourth-order valence-electron chi connectivity index (χ4n) is 1.90. The molecule has 0 amide bonds. The van der Waals surface area contributed by atoms with E-state index in [0.29, 0.717) is 4.99 Å². The van der Waals surface area contributed by atoms with Crippen molar-refractivity contribution in [3.8, 4) is 0 Å². The third kappa shape index (κ3) is 4.41. The SMILES string of the molecule is CC(SCc1ccc(C(N)=S)cc1)C(=O)c1ccccc1. The summed E-state index contributed by atoms with van der Waals surface area (Å²) in [7, 11) is 0. The third-order valence-electron chi connectivity index (χ3n) is 3.17. The smallest absolute Gasteiger partial charge is 0.175 e. The molecule has 2 N–H and O–H groups in total. The molecular formula is C17H17NOS2. The van der Waals surface area contributed by atoms with Crippen LogP contribution in [-0.2, 0) is 5.75 Å². The molecule has 4 heteroatoms. The second-order valence-electron chi connectivity index (χ2n) is 4.74. The predicted octanol–water partition coefficient (Wildman–Crippen LogP) is 3.83. The lowest BCUT2D eigenvalue weighted by atomic mass is 10.1. The minimum atomic E-state index is -0.0670. The molecule has 0 spiro atoms. The fourth-order valence-corrected chi connectivity index (χ4v) is 2.96. The van der Waals surface area contributed by atoms with Crippen molar-refractivity contribution in [1.29, 1.82) is 0 Å². The lowest BCUT2D eigenvalue weighted by molar-refractivity contribution is 0.0994. The first-order valence-electron chi connectivity index (χ1n) is 6.67. The fraction of sp³-hybridized carbons (Fsp3) is 0.176. The predicted molar refractivity (Wildman–Crippen MR) is 93.9 cm³/mol. The summed E-state index contributed by atoms with van der Waals surface area (Å²) in [5, 5.41) is -0.0670. The Morgan fingerprint density at radius 2 is 1.71 bits per heavy atom. The van der Waals surface area contributed by atoms with Crippen LogP contribution in [0.1, 0.15) is 28.4 Å². The maximum absolute atomic E-state index is 12.3. The third-order valence-corrected chi connectivity index (χ3v) is 4.62. The Hall–Kier alpha value is -1.65. The van der Waals surface area contributed by atoms with Gasteiger partial charge in [-0.1, -0.05) is 66.8 Å². The van der Waals surface area contributed by atoms with Crippen LogP contribution >= 0.6 is 24.0 Å². The van der Waals surface area contributed by atoms with Gasteiger partial charge in [-0.05, 0) is 12.5 Å². The number of benzene rings is 2. The van der Waals surface area contributed by atoms with Crippen molar-refractivity contribution in [2.24, 2.45) is 5.73 Å². The molecule has 2 aromatic carbocycles. The molecule has 0 saturated heterocycles. The highest BCUT2D eigenvalue weighted by molar-refractivity contribution is 7.99. The molecule has 0 aliphatic carbocycles. The van der Waals surface area contributed by atoms with Crippen molar-refractivity contribution < 1.29 is 4.79 Å². The van der Waals surface area contributed by atoms with E-state index in [0.717, 1.165) is 22.4 Å². The van der Waals surface area contributed by atoms with Crippen LogP contribution in [0.2, 0.25) is 0 Å². The molecule has 0 bridgehead atoms. The normalized spacial score (nSPS) is 11.9. The topological polar surface area (TPSA) is 43.1 Å². The number of carbonyl (C=O) groups excluding carboxylic acids is 1. The first-order valence-corrected chi connectivity index (χ1v) is 8.13. The summed E-state index contributed by atoms with van der Waals surface area (Å²) in [6.45, 7) is 1.95. The van der Waals surface area contributed by atoms with Crippen molar-refractivity contribution in [3.05, 3.63) is 71.3 Å². The highest BCUT2D eigenvalue weighted by Crippen LogP contribution is 2.21. The van der Waals surface area contributed by atoms with E-state index >= 15 is 0 Å². The van der Waals surface area contributed by atoms with E-state index < -0.39 is 0 Å². The van der Waals surface area contributed by atoms with Crippen LogP contribution in [0.15, 0.2) is 54.6 Å². The maximum Gasteiger partial charge on any atom is 0.175 e. The Kier molecular flexibility index (Phi) is 5.53. The summed E-state index contributed by atoms with van der Waals surface area (Å²) in [6.07, 6.45) is 0. The number of Topliss-reactive ketones (excluding diaryl/α,β-unsaturated/α-hetero) is 1. The van der Waals surface area contributed by atoms with Crippen LogP contribution in [0.4, 0.5) is 0 Å². The number of nitrogens with two attached hydrogens (primary N) is 1. The summed E-state index contributed by atoms with van der Waals surface area (Å²) in [4.78, 5) is 12.7. The minimum absolute atomic E-state index is 0.0670. The molecule has 2 aromatic rings. The molecule has 0 saturated carbocycles. The standard InChI is InChI=1S/C17H17NOS2/c1-12(16(19)14-5-3-2-4-6-14)21-11-13-7-9-15(10-8-13)17(18)20/h2-10,12H,11H2,1H3,(H2,18,20). The van der Waals surface area contributed by atoms with Gasteiger partial charge in [-0.3, -0.25) is 4.79 Å². The average Bonchev–Trinajstić information content (AvgIpc) is 2.53. The largest absolute Gasteiger partial charge is 0.389 e. The van der Waals surface area contributed by atoms with Gasteiger partial charge in [0, 0.05) is 16.9 Å². The molecule has 0 aliphatic heterocycles. The van der Waals surface area contributed by atoms with Gasteiger partial charge >= 0.3 is 0 Å². The van der Waals surface area contributed by atoms with Crippen LogP contribution in [-0.4, -0.2) is 16.0 Å². The van der Waals surface area contributed by atoms with E-state index in [-0.39, 0.29) is 11.0 Å². The van der Waals surface area contributed by atoms with Crippen molar-refractivity contribution in [3.63, 3.8) is 0 Å². The second-order valence-corrected chi connectivity index (χ2v) is 6.51. The molecule has 0 fully saturated rings. The Morgan fingerprint density at radius 3 is 2.29 bits per heavy atom. The van der Waals surface area contributed by atoms with Gasteiger partial charge in [0.25, 0.3) is 0 Å². The van der Waals surface area contributed by atoms with Gasteiger partial charge in [-0.25, -0.2) is 0 Å². The average molecular weight is 315 g/mol. The zero-order valence-electron chi connectivity index (χ0n) is 11.8. The van der Waals surface area contributed by atoms with E-state index in [9.17, 15) is 4.79 Å². The molecule has 1 atom stereocenters. The highest BCUT2D eigenvalue weighted by Gasteiger charge is 2.15. The van der Waals surface area contributed by atoms with Gasteiger partial charge < -0.3 is 5.73 Å². The first kappa shape index (κ1) is 15.7. The van der Waals surface area contributed by atoms with Gasteiger partial charge in [0.05, 0.1) is 5.25 Å². The number of hydrogen-bond donors (Lipinski definition) is 1. The zero-order chi connectivity index (χ0) is 15.2. The van der Waals surface area contributed by atoms with Crippen LogP contribution in [0, 0.1) is 0 Å². The molecule has 108 valence electrons. The number of thiocarbonyl (C=S) groups is 1. The van der Waals surface area contributed by atoms with Crippen LogP contribution < -0.4 is 5.73 Å². The molecule has 2 rings (SSSR count). The van der Waals surface area contributed by atoms with Crippen LogP contribution in [0.5, 0.6) is 0 Å². The summed E-state index contributed by atoms with van der Waals surface area (Å²) in [5.41, 5.74) is 8.36. The van der Waals surface area contributed by atoms with Gasteiger partial charge in [-0.15, -0.1) is 11.8 Å². The number of hydrogen-bond acceptors (Lipinski definition) is 3. The molecular weight excluding hydrogens is 298 g/mol. The summed E-state index contributed by atoms with van der Waals surface area (Å²) in [6, 6.07) is 17.2. The zero-order valence-corrected chi connectivity index (χ0v) is 13.4. The van der Waals surface area contributed by atoms with E-state index in [1.807, 2.05) is 61.5 Å². The molecule has 2 nitrogen and oxygen atoms in total. The Morgan fingerprint density at radius 1 is 1.10 bits per heavy atom. The van der Waals surface area contributed by atoms with E-state index in [1.54, 1.807) is 11.8 Å². The minimum Gasteiger partial charge on any atom is -0.389 e. The van der Waals surface area contributed by atoms with Gasteiger partial charge in [0.2, 0.25) is 0 Å². The number of rotatable bonds is 6. The van der Waals surface area contributed by atoms with Crippen molar-refractivity contribution in [2.45, 2.75) is 17.9 Å². The Balaban J connectivity index is 1.93. The summed E-state index contributed by atoms with van der Waals surface area (Å²) < 4.78 is 0. The molecule has 0 aliphatic rings. The molecule has 0 radical (unpaired) electrons. The van der Waals surface area contributed by atoms with E-state index in [2.05, 4.69) is 0 Å². The maximum atomic E-state index is 12.3. The van der Waals surface area contributed by atoms with Crippen molar-refractivity contribution in [1.82, 2.24) is 0 Å². The molecule has 0 heterocycles. The second kappa shape index (κ2) is 7.38. The number of carbonyl (C=O) groups is 1. The molecule has 1 unspecified atom stereocenters. The van der Waals surface area contributed by atoms with Crippen molar-refractivity contribution >= 4 is 34.8 Å². The van der Waals surface area contributed by atoms with Crippen molar-refractivity contribution in [2.75, 3.05) is 0 Å². The van der Waals surface area contributed by atoms with E-state index in [4.69, 9.17) is 18.0 Å². The van der Waals surface area contributed by atoms with E-state index in [1.165, 1.54) is 0 Å². The monoisotopic (exact) mass is 315 g/mol. The Labute approximate surface area is 134 Å². The first-order chi connectivity index (χ1) is 10.1. The number of ketones is 1. The van der Waals surface area contributed by atoms with Gasteiger partial charge in [-0.2, -0.15) is 0 Å².